The van der Waals surface area contributed by atoms with Gasteiger partial charge in [-0.3, -0.25) is 9.59 Å². The van der Waals surface area contributed by atoms with Crippen LogP contribution >= 0.6 is 0 Å². The van der Waals surface area contributed by atoms with Gasteiger partial charge in [0.15, 0.2) is 0 Å². The zero-order valence-electron chi connectivity index (χ0n) is 13.9. The first-order valence-electron chi connectivity index (χ1n) is 7.54. The second-order valence-electron chi connectivity index (χ2n) is 6.65. The second kappa shape index (κ2) is 6.73. The first-order valence-corrected chi connectivity index (χ1v) is 7.54. The fourth-order valence-corrected chi connectivity index (χ4v) is 2.21. The van der Waals surface area contributed by atoms with E-state index in [0.717, 1.165) is 5.56 Å². The van der Waals surface area contributed by atoms with Crippen LogP contribution < -0.4 is 10.9 Å². The van der Waals surface area contributed by atoms with E-state index in [4.69, 9.17) is 0 Å². The van der Waals surface area contributed by atoms with E-state index in [2.05, 4.69) is 41.8 Å². The molecule has 0 saturated heterocycles. The van der Waals surface area contributed by atoms with E-state index >= 15 is 0 Å². The molecule has 0 spiro atoms. The van der Waals surface area contributed by atoms with Crippen molar-refractivity contribution in [1.29, 1.82) is 0 Å². The predicted octanol–water partition coefficient (Wildman–Crippen LogP) is 1.95. The van der Waals surface area contributed by atoms with Crippen LogP contribution in [0.5, 0.6) is 0 Å². The number of benzene rings is 1. The molecule has 1 aromatic carbocycles. The molecule has 0 saturated carbocycles. The molecule has 6 heteroatoms. The number of amides is 2. The summed E-state index contributed by atoms with van der Waals surface area (Å²) in [6.07, 6.45) is 1.63. The van der Waals surface area contributed by atoms with E-state index in [1.807, 2.05) is 24.3 Å². The number of nitrogens with zero attached hydrogens (tertiary/aromatic N) is 2. The summed E-state index contributed by atoms with van der Waals surface area (Å²) >= 11 is 0. The molecule has 1 aromatic rings. The van der Waals surface area contributed by atoms with Crippen LogP contribution in [0.4, 0.5) is 0 Å². The Hall–Kier alpha value is -2.50. The van der Waals surface area contributed by atoms with E-state index in [9.17, 15) is 9.59 Å². The van der Waals surface area contributed by atoms with Gasteiger partial charge >= 0.3 is 0 Å². The van der Waals surface area contributed by atoms with Gasteiger partial charge in [-0.15, -0.1) is 0 Å². The Kier molecular flexibility index (Phi) is 4.93. The summed E-state index contributed by atoms with van der Waals surface area (Å²) in [7, 11) is 0. The summed E-state index contributed by atoms with van der Waals surface area (Å²) < 4.78 is 0. The van der Waals surface area contributed by atoms with Gasteiger partial charge in [0.05, 0.1) is 12.1 Å². The van der Waals surface area contributed by atoms with Gasteiger partial charge < -0.3 is 0 Å². The highest BCUT2D eigenvalue weighted by Gasteiger charge is 2.28. The topological polar surface area (TPSA) is 82.9 Å². The van der Waals surface area contributed by atoms with Crippen LogP contribution in [0.25, 0.3) is 0 Å². The molecular weight excluding hydrogens is 292 g/mol. The number of hydrogen-bond donors (Lipinski definition) is 2. The molecule has 1 atom stereocenters. The van der Waals surface area contributed by atoms with Crippen molar-refractivity contribution < 1.29 is 9.59 Å². The van der Waals surface area contributed by atoms with Crippen LogP contribution in [-0.4, -0.2) is 23.7 Å². The molecule has 2 rings (SSSR count). The van der Waals surface area contributed by atoms with Crippen LogP contribution in [0.3, 0.4) is 0 Å². The number of rotatable bonds is 4. The zero-order valence-corrected chi connectivity index (χ0v) is 13.9. The molecule has 0 radical (unpaired) electrons. The fourth-order valence-electron chi connectivity index (χ4n) is 2.21. The summed E-state index contributed by atoms with van der Waals surface area (Å²) in [4.78, 5) is 23.3. The molecule has 6 nitrogen and oxygen atoms in total. The Balaban J connectivity index is 1.88. The molecule has 0 aromatic heterocycles. The molecule has 2 amide bonds. The van der Waals surface area contributed by atoms with Crippen LogP contribution in [0.2, 0.25) is 0 Å². The van der Waals surface area contributed by atoms with Crippen LogP contribution in [-0.2, 0) is 15.0 Å². The lowest BCUT2D eigenvalue weighted by atomic mass is 9.87. The molecule has 0 bridgehead atoms. The number of hydrazone groups is 2. The minimum Gasteiger partial charge on any atom is -0.273 e. The molecule has 122 valence electrons. The van der Waals surface area contributed by atoms with Crippen molar-refractivity contribution in [3.8, 4) is 0 Å². The summed E-state index contributed by atoms with van der Waals surface area (Å²) in [5.74, 6) is -1.07. The molecule has 0 fully saturated rings. The molecule has 1 heterocycles. The van der Waals surface area contributed by atoms with Crippen molar-refractivity contribution in [1.82, 2.24) is 10.9 Å². The maximum atomic E-state index is 11.8. The maximum Gasteiger partial charge on any atom is 0.249 e. The minimum atomic E-state index is -0.503. The SMILES string of the molecule is CC1=NNC(=O)C1CC(=O)N/N=C/c1ccc(C(C)(C)C)cc1. The normalized spacial score (nSPS) is 18.0. The van der Waals surface area contributed by atoms with Gasteiger partial charge in [-0.1, -0.05) is 45.0 Å². The first-order chi connectivity index (χ1) is 10.8. The van der Waals surface area contributed by atoms with Crippen molar-refractivity contribution in [2.24, 2.45) is 16.1 Å². The molecule has 23 heavy (non-hydrogen) atoms. The van der Waals surface area contributed by atoms with E-state index in [1.54, 1.807) is 13.1 Å². The zero-order chi connectivity index (χ0) is 17.0. The Bertz CT molecular complexity index is 654. The number of carbonyl (C=O) groups is 2. The van der Waals surface area contributed by atoms with E-state index < -0.39 is 5.92 Å². The van der Waals surface area contributed by atoms with E-state index in [-0.39, 0.29) is 23.7 Å². The number of hydrogen-bond acceptors (Lipinski definition) is 4. The average Bonchev–Trinajstić information content (AvgIpc) is 2.79. The quantitative estimate of drug-likeness (QED) is 0.657. The van der Waals surface area contributed by atoms with Gasteiger partial charge in [-0.2, -0.15) is 10.2 Å². The summed E-state index contributed by atoms with van der Waals surface area (Å²) in [6.45, 7) is 8.18. The monoisotopic (exact) mass is 314 g/mol. The standard InChI is InChI=1S/C17H22N4O2/c1-11-14(16(23)21-19-11)9-15(22)20-18-10-12-5-7-13(8-6-12)17(2,3)4/h5-8,10,14H,9H2,1-4H3,(H,20,22)(H,21,23)/b18-10+. The summed E-state index contributed by atoms with van der Waals surface area (Å²) in [6, 6.07) is 8.01. The average molecular weight is 314 g/mol. The van der Waals surface area contributed by atoms with E-state index in [1.165, 1.54) is 5.56 Å². The van der Waals surface area contributed by atoms with Crippen molar-refractivity contribution in [2.75, 3.05) is 0 Å². The van der Waals surface area contributed by atoms with Crippen molar-refractivity contribution in [2.45, 2.75) is 39.5 Å². The number of carbonyl (C=O) groups excluding carboxylic acids is 2. The lowest BCUT2D eigenvalue weighted by Crippen LogP contribution is -2.29. The Labute approximate surface area is 136 Å². The van der Waals surface area contributed by atoms with Gasteiger partial charge in [-0.05, 0) is 23.5 Å². The van der Waals surface area contributed by atoms with Gasteiger partial charge in [0.25, 0.3) is 0 Å². The van der Waals surface area contributed by atoms with Crippen molar-refractivity contribution >= 4 is 23.7 Å². The predicted molar refractivity (Wildman–Crippen MR) is 90.2 cm³/mol. The Morgan fingerprint density at radius 3 is 2.52 bits per heavy atom. The first kappa shape index (κ1) is 16.9. The maximum absolute atomic E-state index is 11.8. The third-order valence-electron chi connectivity index (χ3n) is 3.73. The lowest BCUT2D eigenvalue weighted by Gasteiger charge is -2.18. The Morgan fingerprint density at radius 1 is 1.35 bits per heavy atom. The van der Waals surface area contributed by atoms with Crippen LogP contribution in [0.1, 0.15) is 45.2 Å². The molecule has 2 N–H and O–H groups in total. The molecular formula is C17H22N4O2. The van der Waals surface area contributed by atoms with Crippen molar-refractivity contribution in [3.63, 3.8) is 0 Å². The van der Waals surface area contributed by atoms with Gasteiger partial charge in [0.2, 0.25) is 11.8 Å². The van der Waals surface area contributed by atoms with Crippen LogP contribution in [0, 0.1) is 5.92 Å². The highest BCUT2D eigenvalue weighted by molar-refractivity contribution is 6.09. The molecule has 1 unspecified atom stereocenters. The second-order valence-corrected chi connectivity index (χ2v) is 6.65. The summed E-state index contributed by atoms with van der Waals surface area (Å²) in [5, 5.41) is 7.74. The fraction of sp³-hybridized carbons (Fsp3) is 0.412. The van der Waals surface area contributed by atoms with Crippen molar-refractivity contribution in [3.05, 3.63) is 35.4 Å². The smallest absolute Gasteiger partial charge is 0.249 e. The third kappa shape index (κ3) is 4.48. The Morgan fingerprint density at radius 2 is 2.00 bits per heavy atom. The largest absolute Gasteiger partial charge is 0.273 e. The third-order valence-corrected chi connectivity index (χ3v) is 3.73. The van der Waals surface area contributed by atoms with Gasteiger partial charge in [0, 0.05) is 12.1 Å². The van der Waals surface area contributed by atoms with Gasteiger partial charge in [0.1, 0.15) is 0 Å². The van der Waals surface area contributed by atoms with Crippen LogP contribution in [0.15, 0.2) is 34.5 Å². The van der Waals surface area contributed by atoms with E-state index in [0.29, 0.717) is 5.71 Å². The van der Waals surface area contributed by atoms with Gasteiger partial charge in [-0.25, -0.2) is 10.9 Å². The highest BCUT2D eigenvalue weighted by Crippen LogP contribution is 2.21. The molecule has 1 aliphatic heterocycles. The number of nitrogens with one attached hydrogen (secondary N) is 2. The summed E-state index contributed by atoms with van der Waals surface area (Å²) in [5.41, 5.74) is 7.65. The highest BCUT2D eigenvalue weighted by atomic mass is 16.2. The lowest BCUT2D eigenvalue weighted by molar-refractivity contribution is -0.127. The molecule has 1 aliphatic rings. The molecule has 0 aliphatic carbocycles. The minimum absolute atomic E-state index is 0.0431.